The maximum Gasteiger partial charge on any atom is 0.328 e. The molecule has 0 aliphatic carbocycles. The number of carboxylic acids is 1. The lowest BCUT2D eigenvalue weighted by Gasteiger charge is -2.12. The van der Waals surface area contributed by atoms with Crippen molar-refractivity contribution in [1.82, 2.24) is 0 Å². The standard InChI is InChI=1S/C18H19NO5/c1-22-10-11-23-16-6-2-13(3-9-18(20)21)17(12-16)24-15-7-4-14(19)5-8-15/h2-9,12H,10-11,19H2,1H3,(H,20,21)/b9-3+. The molecule has 0 radical (unpaired) electrons. The second-order valence-corrected chi connectivity index (χ2v) is 4.88. The monoisotopic (exact) mass is 329 g/mol. The summed E-state index contributed by atoms with van der Waals surface area (Å²) in [5.41, 5.74) is 6.91. The zero-order valence-electron chi connectivity index (χ0n) is 13.3. The Hall–Kier alpha value is -2.99. The van der Waals surface area contributed by atoms with Gasteiger partial charge >= 0.3 is 5.97 Å². The number of carbonyl (C=O) groups is 1. The van der Waals surface area contributed by atoms with Crippen LogP contribution in [0.1, 0.15) is 5.56 Å². The van der Waals surface area contributed by atoms with Gasteiger partial charge in [-0.15, -0.1) is 0 Å². The van der Waals surface area contributed by atoms with E-state index in [0.29, 0.717) is 41.7 Å². The van der Waals surface area contributed by atoms with Crippen LogP contribution in [0.5, 0.6) is 17.2 Å². The van der Waals surface area contributed by atoms with Crippen molar-refractivity contribution in [1.29, 1.82) is 0 Å². The largest absolute Gasteiger partial charge is 0.491 e. The minimum atomic E-state index is -1.03. The van der Waals surface area contributed by atoms with E-state index in [-0.39, 0.29) is 0 Å². The molecule has 6 nitrogen and oxygen atoms in total. The maximum absolute atomic E-state index is 10.7. The minimum Gasteiger partial charge on any atom is -0.491 e. The molecule has 0 aromatic heterocycles. The van der Waals surface area contributed by atoms with E-state index in [0.717, 1.165) is 6.08 Å². The number of nitrogens with two attached hydrogens (primary N) is 1. The molecule has 6 heteroatoms. The van der Waals surface area contributed by atoms with Crippen molar-refractivity contribution in [3.8, 4) is 17.2 Å². The van der Waals surface area contributed by atoms with Crippen LogP contribution >= 0.6 is 0 Å². The number of benzene rings is 2. The Morgan fingerprint density at radius 3 is 2.50 bits per heavy atom. The highest BCUT2D eigenvalue weighted by Gasteiger charge is 2.07. The summed E-state index contributed by atoms with van der Waals surface area (Å²) in [5.74, 6) is 0.634. The first-order valence-corrected chi connectivity index (χ1v) is 7.28. The molecule has 0 atom stereocenters. The molecular formula is C18H19NO5. The summed E-state index contributed by atoms with van der Waals surface area (Å²) in [4.78, 5) is 10.7. The summed E-state index contributed by atoms with van der Waals surface area (Å²) in [6.07, 6.45) is 2.52. The van der Waals surface area contributed by atoms with Crippen LogP contribution in [0.25, 0.3) is 6.08 Å². The summed E-state index contributed by atoms with van der Waals surface area (Å²) in [5, 5.41) is 8.80. The van der Waals surface area contributed by atoms with Crippen LogP contribution in [-0.4, -0.2) is 31.4 Å². The van der Waals surface area contributed by atoms with Gasteiger partial charge in [0.05, 0.1) is 6.61 Å². The van der Waals surface area contributed by atoms with Crippen LogP contribution in [0.4, 0.5) is 5.69 Å². The van der Waals surface area contributed by atoms with Crippen LogP contribution in [0.15, 0.2) is 48.5 Å². The molecule has 0 aliphatic heterocycles. The number of nitrogen functional groups attached to an aromatic ring is 1. The molecule has 0 fully saturated rings. The molecule has 0 heterocycles. The van der Waals surface area contributed by atoms with Crippen molar-refractivity contribution >= 4 is 17.7 Å². The van der Waals surface area contributed by atoms with Crippen LogP contribution in [0, 0.1) is 0 Å². The fraction of sp³-hybridized carbons (Fsp3) is 0.167. The number of carboxylic acid groups (broad SMARTS) is 1. The number of ether oxygens (including phenoxy) is 3. The van der Waals surface area contributed by atoms with Crippen LogP contribution in [0.2, 0.25) is 0 Å². The molecule has 3 N–H and O–H groups in total. The zero-order chi connectivity index (χ0) is 17.4. The van der Waals surface area contributed by atoms with E-state index in [2.05, 4.69) is 0 Å². The van der Waals surface area contributed by atoms with Crippen molar-refractivity contribution in [2.75, 3.05) is 26.1 Å². The molecular weight excluding hydrogens is 310 g/mol. The zero-order valence-corrected chi connectivity index (χ0v) is 13.3. The second-order valence-electron chi connectivity index (χ2n) is 4.88. The van der Waals surface area contributed by atoms with Gasteiger partial charge in [-0.3, -0.25) is 0 Å². The molecule has 0 aliphatic rings. The number of anilines is 1. The Kier molecular flexibility index (Phi) is 6.22. The molecule has 0 saturated carbocycles. The first-order chi connectivity index (χ1) is 11.6. The third-order valence-corrected chi connectivity index (χ3v) is 3.05. The predicted molar refractivity (Wildman–Crippen MR) is 91.4 cm³/mol. The molecule has 0 saturated heterocycles. The van der Waals surface area contributed by atoms with Gasteiger partial charge in [-0.1, -0.05) is 0 Å². The average molecular weight is 329 g/mol. The van der Waals surface area contributed by atoms with Gasteiger partial charge in [0.1, 0.15) is 23.9 Å². The van der Waals surface area contributed by atoms with E-state index in [9.17, 15) is 4.79 Å². The lowest BCUT2D eigenvalue weighted by atomic mass is 10.1. The molecule has 2 aromatic rings. The molecule has 2 rings (SSSR count). The summed E-state index contributed by atoms with van der Waals surface area (Å²) >= 11 is 0. The number of methoxy groups -OCH3 is 1. The molecule has 0 spiro atoms. The Bertz CT molecular complexity index is 710. The van der Waals surface area contributed by atoms with Gasteiger partial charge in [-0.25, -0.2) is 4.79 Å². The fourth-order valence-corrected chi connectivity index (χ4v) is 1.90. The van der Waals surface area contributed by atoms with Crippen molar-refractivity contribution in [2.45, 2.75) is 0 Å². The van der Waals surface area contributed by atoms with E-state index in [1.54, 1.807) is 49.6 Å². The quantitative estimate of drug-likeness (QED) is 0.439. The Morgan fingerprint density at radius 1 is 1.12 bits per heavy atom. The fourth-order valence-electron chi connectivity index (χ4n) is 1.90. The second kappa shape index (κ2) is 8.59. The van der Waals surface area contributed by atoms with E-state index >= 15 is 0 Å². The van der Waals surface area contributed by atoms with Crippen LogP contribution < -0.4 is 15.2 Å². The Balaban J connectivity index is 2.26. The molecule has 0 unspecified atom stereocenters. The smallest absolute Gasteiger partial charge is 0.328 e. The molecule has 2 aromatic carbocycles. The van der Waals surface area contributed by atoms with Gasteiger partial charge in [-0.2, -0.15) is 0 Å². The first-order valence-electron chi connectivity index (χ1n) is 7.28. The third kappa shape index (κ3) is 5.33. The summed E-state index contributed by atoms with van der Waals surface area (Å²) in [7, 11) is 1.60. The van der Waals surface area contributed by atoms with E-state index in [4.69, 9.17) is 25.1 Å². The summed E-state index contributed by atoms with van der Waals surface area (Å²) < 4.78 is 16.3. The minimum absolute atomic E-state index is 0.405. The first kappa shape index (κ1) is 17.4. The van der Waals surface area contributed by atoms with Gasteiger partial charge in [0, 0.05) is 30.5 Å². The summed E-state index contributed by atoms with van der Waals surface area (Å²) in [6.45, 7) is 0.872. The maximum atomic E-state index is 10.7. The van der Waals surface area contributed by atoms with Crippen molar-refractivity contribution in [3.63, 3.8) is 0 Å². The lowest BCUT2D eigenvalue weighted by molar-refractivity contribution is -0.131. The average Bonchev–Trinajstić information content (AvgIpc) is 2.56. The van der Waals surface area contributed by atoms with Gasteiger partial charge in [0.2, 0.25) is 0 Å². The van der Waals surface area contributed by atoms with Crippen LogP contribution in [0.3, 0.4) is 0 Å². The highest BCUT2D eigenvalue weighted by atomic mass is 16.5. The van der Waals surface area contributed by atoms with E-state index in [1.165, 1.54) is 6.08 Å². The van der Waals surface area contributed by atoms with Gasteiger partial charge in [0.25, 0.3) is 0 Å². The third-order valence-electron chi connectivity index (χ3n) is 3.05. The van der Waals surface area contributed by atoms with E-state index < -0.39 is 5.97 Å². The number of rotatable bonds is 8. The topological polar surface area (TPSA) is 91.0 Å². The Labute approximate surface area is 140 Å². The van der Waals surface area contributed by atoms with Crippen molar-refractivity contribution < 1.29 is 24.1 Å². The van der Waals surface area contributed by atoms with Gasteiger partial charge < -0.3 is 25.1 Å². The van der Waals surface area contributed by atoms with E-state index in [1.807, 2.05) is 0 Å². The highest BCUT2D eigenvalue weighted by Crippen LogP contribution is 2.31. The number of hydrogen-bond acceptors (Lipinski definition) is 5. The molecule has 0 bridgehead atoms. The lowest BCUT2D eigenvalue weighted by Crippen LogP contribution is -2.04. The Morgan fingerprint density at radius 2 is 1.83 bits per heavy atom. The normalized spacial score (nSPS) is 10.7. The summed E-state index contributed by atoms with van der Waals surface area (Å²) in [6, 6.07) is 12.1. The SMILES string of the molecule is COCCOc1ccc(/C=C/C(=O)O)c(Oc2ccc(N)cc2)c1. The van der Waals surface area contributed by atoms with Gasteiger partial charge in [0.15, 0.2) is 0 Å². The van der Waals surface area contributed by atoms with Crippen LogP contribution in [-0.2, 0) is 9.53 Å². The number of aliphatic carboxylic acids is 1. The molecule has 126 valence electrons. The number of hydrogen-bond donors (Lipinski definition) is 2. The molecule has 24 heavy (non-hydrogen) atoms. The van der Waals surface area contributed by atoms with Crippen molar-refractivity contribution in [2.24, 2.45) is 0 Å². The van der Waals surface area contributed by atoms with Gasteiger partial charge in [-0.05, 0) is 42.5 Å². The molecule has 0 amide bonds. The predicted octanol–water partition coefficient (Wildman–Crippen LogP) is 3.18. The van der Waals surface area contributed by atoms with Crippen molar-refractivity contribution in [3.05, 3.63) is 54.1 Å². The highest BCUT2D eigenvalue weighted by molar-refractivity contribution is 5.86.